The molecule has 7 nitrogen and oxygen atoms in total. The van der Waals surface area contributed by atoms with Gasteiger partial charge in [0.25, 0.3) is 5.91 Å². The van der Waals surface area contributed by atoms with Crippen molar-refractivity contribution in [2.45, 2.75) is 44.1 Å². The molecule has 1 aliphatic heterocycles. The maximum Gasteiger partial charge on any atom is 0.326 e. The molecule has 1 aliphatic rings. The van der Waals surface area contributed by atoms with Gasteiger partial charge in [-0.15, -0.1) is 0 Å². The fourth-order valence-corrected chi connectivity index (χ4v) is 4.16. The summed E-state index contributed by atoms with van der Waals surface area (Å²) in [6.45, 7) is 1.65. The van der Waals surface area contributed by atoms with Crippen LogP contribution in [0.5, 0.6) is 0 Å². The molecule has 0 spiro atoms. The Morgan fingerprint density at radius 3 is 2.29 bits per heavy atom. The Morgan fingerprint density at radius 1 is 1.06 bits per heavy atom. The Labute approximate surface area is 189 Å². The van der Waals surface area contributed by atoms with Gasteiger partial charge in [0.05, 0.1) is 12.5 Å². The number of ether oxygens (including phenoxy) is 1. The number of carbonyl (C=O) groups excluding carboxylic acids is 1. The van der Waals surface area contributed by atoms with Gasteiger partial charge < -0.3 is 19.8 Å². The van der Waals surface area contributed by atoms with Crippen LogP contribution in [0.4, 0.5) is 0 Å². The van der Waals surface area contributed by atoms with E-state index in [1.54, 1.807) is 55.5 Å². The normalized spacial score (nSPS) is 22.2. The topological polar surface area (TPSA) is 104 Å². The zero-order valence-electron chi connectivity index (χ0n) is 16.6. The summed E-state index contributed by atoms with van der Waals surface area (Å²) < 4.78 is 6.00. The zero-order valence-corrected chi connectivity index (χ0v) is 18.1. The monoisotopic (exact) mass is 465 g/mol. The Balaban J connectivity index is 2.20. The van der Waals surface area contributed by atoms with E-state index in [1.165, 1.54) is 4.90 Å². The maximum atomic E-state index is 13.3. The first kappa shape index (κ1) is 23.1. The summed E-state index contributed by atoms with van der Waals surface area (Å²) in [5.41, 5.74) is 1.21. The summed E-state index contributed by atoms with van der Waals surface area (Å²) in [4.78, 5) is 37.9. The number of rotatable bonds is 7. The van der Waals surface area contributed by atoms with Gasteiger partial charge >= 0.3 is 11.9 Å². The molecule has 0 radical (unpaired) electrons. The summed E-state index contributed by atoms with van der Waals surface area (Å²) in [6.07, 6.45) is -2.63. The van der Waals surface area contributed by atoms with Crippen molar-refractivity contribution in [2.24, 2.45) is 0 Å². The molecule has 9 heteroatoms. The molecule has 1 amide bonds. The minimum absolute atomic E-state index is 0.132. The number of nitrogens with zero attached hydrogens (tertiary/aromatic N) is 1. The maximum absolute atomic E-state index is 13.3. The number of carboxylic acid groups (broad SMARTS) is 2. The zero-order chi connectivity index (χ0) is 22.7. The van der Waals surface area contributed by atoms with Crippen LogP contribution in [0.15, 0.2) is 48.5 Å². The van der Waals surface area contributed by atoms with Crippen molar-refractivity contribution >= 4 is 41.0 Å². The molecule has 164 valence electrons. The molecule has 0 saturated carbocycles. The van der Waals surface area contributed by atoms with Crippen molar-refractivity contribution in [3.8, 4) is 0 Å². The SMILES string of the molecule is CCC(C(=O)O)N1C(=O)[C@H](CC(=O)O)O[C@@H](c2cccc(Cl)c2)[C@H]1c1ccc(Cl)cc1. The number of benzene rings is 2. The van der Waals surface area contributed by atoms with E-state index in [4.69, 9.17) is 27.9 Å². The quantitative estimate of drug-likeness (QED) is 0.629. The molecule has 0 aromatic heterocycles. The van der Waals surface area contributed by atoms with E-state index in [1.807, 2.05) is 0 Å². The van der Waals surface area contributed by atoms with E-state index >= 15 is 0 Å². The number of aliphatic carboxylic acids is 2. The van der Waals surface area contributed by atoms with E-state index in [2.05, 4.69) is 0 Å². The lowest BCUT2D eigenvalue weighted by Crippen LogP contribution is -2.57. The Kier molecular flexibility index (Phi) is 7.20. The van der Waals surface area contributed by atoms with Gasteiger partial charge in [0.2, 0.25) is 0 Å². The second-order valence-electron chi connectivity index (χ2n) is 7.20. The van der Waals surface area contributed by atoms with Crippen LogP contribution in [0.3, 0.4) is 0 Å². The minimum Gasteiger partial charge on any atom is -0.481 e. The van der Waals surface area contributed by atoms with Gasteiger partial charge in [-0.25, -0.2) is 4.79 Å². The fourth-order valence-electron chi connectivity index (χ4n) is 3.83. The van der Waals surface area contributed by atoms with Gasteiger partial charge in [-0.2, -0.15) is 0 Å². The Hall–Kier alpha value is -2.61. The smallest absolute Gasteiger partial charge is 0.326 e. The summed E-state index contributed by atoms with van der Waals surface area (Å²) >= 11 is 12.2. The van der Waals surface area contributed by atoms with Crippen molar-refractivity contribution in [1.29, 1.82) is 0 Å². The van der Waals surface area contributed by atoms with Crippen molar-refractivity contribution in [1.82, 2.24) is 4.90 Å². The number of hydrogen-bond donors (Lipinski definition) is 2. The van der Waals surface area contributed by atoms with Gasteiger partial charge in [0, 0.05) is 10.0 Å². The van der Waals surface area contributed by atoms with Gasteiger partial charge in [0.15, 0.2) is 0 Å². The number of amides is 1. The van der Waals surface area contributed by atoms with Crippen LogP contribution < -0.4 is 0 Å². The summed E-state index contributed by atoms with van der Waals surface area (Å²) in [6, 6.07) is 11.5. The third-order valence-corrected chi connectivity index (χ3v) is 5.67. The highest BCUT2D eigenvalue weighted by atomic mass is 35.5. The summed E-state index contributed by atoms with van der Waals surface area (Å²) in [5.74, 6) is -3.10. The lowest BCUT2D eigenvalue weighted by Gasteiger charge is -2.46. The Morgan fingerprint density at radius 2 is 1.74 bits per heavy atom. The van der Waals surface area contributed by atoms with Crippen LogP contribution >= 0.6 is 23.2 Å². The summed E-state index contributed by atoms with van der Waals surface area (Å²) in [5, 5.41) is 20.0. The predicted octanol–water partition coefficient (Wildman–Crippen LogP) is 4.34. The molecule has 1 heterocycles. The first-order chi connectivity index (χ1) is 14.7. The number of hydrogen-bond acceptors (Lipinski definition) is 4. The van der Waals surface area contributed by atoms with Crippen molar-refractivity contribution in [3.05, 3.63) is 69.7 Å². The van der Waals surface area contributed by atoms with Crippen LogP contribution in [0.1, 0.15) is 43.0 Å². The van der Waals surface area contributed by atoms with Crippen LogP contribution in [-0.2, 0) is 19.1 Å². The molecule has 1 fully saturated rings. The van der Waals surface area contributed by atoms with Gasteiger partial charge in [0.1, 0.15) is 18.2 Å². The summed E-state index contributed by atoms with van der Waals surface area (Å²) in [7, 11) is 0. The average Bonchev–Trinajstić information content (AvgIpc) is 2.71. The molecule has 2 N–H and O–H groups in total. The van der Waals surface area contributed by atoms with E-state index < -0.39 is 48.6 Å². The highest BCUT2D eigenvalue weighted by molar-refractivity contribution is 6.30. The molecule has 2 aromatic rings. The molecule has 0 bridgehead atoms. The highest BCUT2D eigenvalue weighted by Crippen LogP contribution is 2.44. The first-order valence-electron chi connectivity index (χ1n) is 9.66. The number of carbonyl (C=O) groups is 3. The van der Waals surface area contributed by atoms with Crippen LogP contribution in [0.2, 0.25) is 10.0 Å². The van der Waals surface area contributed by atoms with Crippen molar-refractivity contribution in [2.75, 3.05) is 0 Å². The molecule has 3 rings (SSSR count). The molecule has 4 atom stereocenters. The second kappa shape index (κ2) is 9.68. The first-order valence-corrected chi connectivity index (χ1v) is 10.4. The van der Waals surface area contributed by atoms with E-state index in [0.717, 1.165) is 0 Å². The number of carboxylic acids is 2. The van der Waals surface area contributed by atoms with Crippen molar-refractivity contribution < 1.29 is 29.3 Å². The van der Waals surface area contributed by atoms with E-state index in [9.17, 15) is 24.6 Å². The van der Waals surface area contributed by atoms with Crippen molar-refractivity contribution in [3.63, 3.8) is 0 Å². The average molecular weight is 466 g/mol. The van der Waals surface area contributed by atoms with Crippen LogP contribution in [0.25, 0.3) is 0 Å². The van der Waals surface area contributed by atoms with Crippen LogP contribution in [0, 0.1) is 0 Å². The number of morpholine rings is 1. The molecule has 0 aliphatic carbocycles. The third-order valence-electron chi connectivity index (χ3n) is 5.18. The predicted molar refractivity (Wildman–Crippen MR) is 114 cm³/mol. The Bertz CT molecular complexity index is 980. The minimum atomic E-state index is -1.33. The molecule has 1 unspecified atom stereocenters. The largest absolute Gasteiger partial charge is 0.481 e. The number of halogens is 2. The molecular weight excluding hydrogens is 445 g/mol. The lowest BCUT2D eigenvalue weighted by atomic mass is 9.89. The molecule has 1 saturated heterocycles. The fraction of sp³-hybridized carbons (Fsp3) is 0.318. The lowest BCUT2D eigenvalue weighted by molar-refractivity contribution is -0.187. The van der Waals surface area contributed by atoms with E-state index in [0.29, 0.717) is 21.2 Å². The second-order valence-corrected chi connectivity index (χ2v) is 8.08. The molecular formula is C22H21Cl2NO6. The molecule has 2 aromatic carbocycles. The molecule has 31 heavy (non-hydrogen) atoms. The highest BCUT2D eigenvalue weighted by Gasteiger charge is 2.48. The van der Waals surface area contributed by atoms with E-state index in [-0.39, 0.29) is 6.42 Å². The van der Waals surface area contributed by atoms with Gasteiger partial charge in [-0.3, -0.25) is 9.59 Å². The third kappa shape index (κ3) is 5.01. The van der Waals surface area contributed by atoms with Gasteiger partial charge in [-0.1, -0.05) is 54.4 Å². The van der Waals surface area contributed by atoms with Crippen LogP contribution in [-0.4, -0.2) is 45.1 Å². The standard InChI is InChI=1S/C22H21Cl2NO6/c1-2-16(22(29)30)25-19(12-6-8-14(23)9-7-12)20(13-4-3-5-15(24)10-13)31-17(21(25)28)11-18(26)27/h3-10,16-17,19-20H,2,11H2,1H3,(H,26,27)(H,29,30)/t16?,17-,19+,20-/m0/s1. The van der Waals surface area contributed by atoms with Gasteiger partial charge in [-0.05, 0) is 41.8 Å².